The standard InChI is InChI=1S/C14H17BrFNO3/c1-14(2,3)20-13(19)17(4)12(8-18)10-6-5-9(16)7-11(10)15/h5-8,12H,1-4H3. The number of halogens is 2. The molecule has 1 aromatic rings. The van der Waals surface area contributed by atoms with Crippen molar-refractivity contribution in [3.05, 3.63) is 34.1 Å². The zero-order chi connectivity index (χ0) is 15.5. The molecule has 0 aliphatic carbocycles. The third kappa shape index (κ3) is 4.30. The van der Waals surface area contributed by atoms with Gasteiger partial charge in [-0.2, -0.15) is 0 Å². The molecule has 1 rings (SSSR count). The number of hydrogen-bond donors (Lipinski definition) is 0. The molecule has 0 fully saturated rings. The minimum absolute atomic E-state index is 0.421. The zero-order valence-corrected chi connectivity index (χ0v) is 13.4. The highest BCUT2D eigenvalue weighted by Gasteiger charge is 2.27. The molecule has 1 aromatic carbocycles. The Labute approximate surface area is 126 Å². The first-order chi connectivity index (χ1) is 9.15. The number of aldehydes is 1. The van der Waals surface area contributed by atoms with E-state index in [0.717, 1.165) is 0 Å². The van der Waals surface area contributed by atoms with E-state index in [9.17, 15) is 14.0 Å². The number of ether oxygens (including phenoxy) is 1. The average Bonchev–Trinajstić information content (AvgIpc) is 2.30. The molecule has 0 aliphatic heterocycles. The van der Waals surface area contributed by atoms with Crippen molar-refractivity contribution in [3.8, 4) is 0 Å². The molecule has 0 bridgehead atoms. The van der Waals surface area contributed by atoms with E-state index in [1.54, 1.807) is 20.8 Å². The molecular formula is C14H17BrFNO3. The van der Waals surface area contributed by atoms with Crippen molar-refractivity contribution in [2.24, 2.45) is 0 Å². The predicted molar refractivity (Wildman–Crippen MR) is 76.9 cm³/mol. The quantitative estimate of drug-likeness (QED) is 0.784. The molecular weight excluding hydrogens is 329 g/mol. The Hall–Kier alpha value is -1.43. The summed E-state index contributed by atoms with van der Waals surface area (Å²) < 4.78 is 18.7. The number of likely N-dealkylation sites (N-methyl/N-ethyl adjacent to an activating group) is 1. The minimum Gasteiger partial charge on any atom is -0.444 e. The molecule has 1 amide bonds. The number of benzene rings is 1. The fraction of sp³-hybridized carbons (Fsp3) is 0.429. The second kappa shape index (κ2) is 6.35. The largest absolute Gasteiger partial charge is 0.444 e. The number of carbonyl (C=O) groups excluding carboxylic acids is 2. The average molecular weight is 346 g/mol. The first-order valence-electron chi connectivity index (χ1n) is 6.02. The summed E-state index contributed by atoms with van der Waals surface area (Å²) in [7, 11) is 1.46. The maximum atomic E-state index is 13.1. The lowest BCUT2D eigenvalue weighted by Gasteiger charge is -2.28. The highest BCUT2D eigenvalue weighted by atomic mass is 79.9. The lowest BCUT2D eigenvalue weighted by molar-refractivity contribution is -0.112. The number of rotatable bonds is 3. The van der Waals surface area contributed by atoms with E-state index < -0.39 is 23.6 Å². The minimum atomic E-state index is -0.847. The Bertz CT molecular complexity index is 514. The monoisotopic (exact) mass is 345 g/mol. The van der Waals surface area contributed by atoms with Crippen LogP contribution in [0, 0.1) is 5.82 Å². The fourth-order valence-corrected chi connectivity index (χ4v) is 2.15. The van der Waals surface area contributed by atoms with Crippen molar-refractivity contribution < 1.29 is 18.7 Å². The van der Waals surface area contributed by atoms with Crippen molar-refractivity contribution in [1.29, 1.82) is 0 Å². The van der Waals surface area contributed by atoms with Crippen LogP contribution >= 0.6 is 15.9 Å². The Morgan fingerprint density at radius 1 is 1.45 bits per heavy atom. The van der Waals surface area contributed by atoms with Crippen LogP contribution in [0.25, 0.3) is 0 Å². The van der Waals surface area contributed by atoms with Crippen LogP contribution in [0.5, 0.6) is 0 Å². The second-order valence-electron chi connectivity index (χ2n) is 5.34. The number of nitrogens with zero attached hydrogens (tertiary/aromatic N) is 1. The third-order valence-electron chi connectivity index (χ3n) is 2.51. The van der Waals surface area contributed by atoms with Gasteiger partial charge < -0.3 is 9.53 Å². The van der Waals surface area contributed by atoms with Crippen LogP contribution in [0.1, 0.15) is 32.4 Å². The highest BCUT2D eigenvalue weighted by Crippen LogP contribution is 2.27. The maximum Gasteiger partial charge on any atom is 0.410 e. The van der Waals surface area contributed by atoms with Gasteiger partial charge in [-0.05, 0) is 38.5 Å². The SMILES string of the molecule is CN(C(=O)OC(C)(C)C)C(C=O)c1ccc(F)cc1Br. The van der Waals surface area contributed by atoms with Crippen molar-refractivity contribution in [3.63, 3.8) is 0 Å². The smallest absolute Gasteiger partial charge is 0.410 e. The van der Waals surface area contributed by atoms with Crippen LogP contribution in [0.4, 0.5) is 9.18 Å². The van der Waals surface area contributed by atoms with Gasteiger partial charge in [0, 0.05) is 11.5 Å². The summed E-state index contributed by atoms with van der Waals surface area (Å²) in [6.45, 7) is 5.22. The molecule has 0 aliphatic rings. The molecule has 1 unspecified atom stereocenters. The molecule has 0 saturated carbocycles. The van der Waals surface area contributed by atoms with E-state index in [1.165, 1.54) is 30.1 Å². The molecule has 0 spiro atoms. The Morgan fingerprint density at radius 2 is 2.05 bits per heavy atom. The van der Waals surface area contributed by atoms with Crippen LogP contribution in [-0.4, -0.2) is 29.9 Å². The summed E-state index contributed by atoms with van der Waals surface area (Å²) in [4.78, 5) is 24.4. The van der Waals surface area contributed by atoms with Crippen molar-refractivity contribution in [2.75, 3.05) is 7.05 Å². The Morgan fingerprint density at radius 3 is 2.50 bits per heavy atom. The van der Waals surface area contributed by atoms with E-state index >= 15 is 0 Å². The van der Waals surface area contributed by atoms with Gasteiger partial charge in [0.05, 0.1) is 0 Å². The van der Waals surface area contributed by atoms with Gasteiger partial charge in [-0.3, -0.25) is 4.90 Å². The number of carbonyl (C=O) groups is 2. The van der Waals surface area contributed by atoms with Crippen molar-refractivity contribution in [1.82, 2.24) is 4.90 Å². The van der Waals surface area contributed by atoms with E-state index in [-0.39, 0.29) is 0 Å². The number of amides is 1. The summed E-state index contributed by atoms with van der Waals surface area (Å²) in [6.07, 6.45) is -0.00659. The van der Waals surface area contributed by atoms with Gasteiger partial charge in [0.2, 0.25) is 0 Å². The third-order valence-corrected chi connectivity index (χ3v) is 3.20. The van der Waals surface area contributed by atoms with Gasteiger partial charge >= 0.3 is 6.09 Å². The first-order valence-corrected chi connectivity index (χ1v) is 6.81. The summed E-state index contributed by atoms with van der Waals surface area (Å²) in [6, 6.07) is 3.09. The van der Waals surface area contributed by atoms with Gasteiger partial charge in [0.25, 0.3) is 0 Å². The molecule has 6 heteroatoms. The second-order valence-corrected chi connectivity index (χ2v) is 6.19. The van der Waals surface area contributed by atoms with Crippen LogP contribution in [0.2, 0.25) is 0 Å². The molecule has 0 saturated heterocycles. The lowest BCUT2D eigenvalue weighted by Crippen LogP contribution is -2.37. The summed E-state index contributed by atoms with van der Waals surface area (Å²) >= 11 is 3.19. The molecule has 0 radical (unpaired) electrons. The lowest BCUT2D eigenvalue weighted by atomic mass is 10.1. The summed E-state index contributed by atoms with van der Waals surface area (Å²) in [5.41, 5.74) is -0.159. The normalized spacial score (nSPS) is 12.7. The van der Waals surface area contributed by atoms with Gasteiger partial charge in [0.1, 0.15) is 23.7 Å². The summed E-state index contributed by atoms with van der Waals surface area (Å²) in [5, 5.41) is 0. The Kier molecular flexibility index (Phi) is 5.28. The van der Waals surface area contributed by atoms with Crippen molar-refractivity contribution in [2.45, 2.75) is 32.4 Å². The van der Waals surface area contributed by atoms with Gasteiger partial charge in [-0.25, -0.2) is 9.18 Å². The molecule has 4 nitrogen and oxygen atoms in total. The van der Waals surface area contributed by atoms with Crippen LogP contribution in [-0.2, 0) is 9.53 Å². The molecule has 0 aromatic heterocycles. The van der Waals surface area contributed by atoms with Crippen molar-refractivity contribution >= 4 is 28.3 Å². The topological polar surface area (TPSA) is 46.6 Å². The molecule has 0 N–H and O–H groups in total. The van der Waals surface area contributed by atoms with Crippen LogP contribution in [0.3, 0.4) is 0 Å². The molecule has 1 atom stereocenters. The Balaban J connectivity index is 3.01. The highest BCUT2D eigenvalue weighted by molar-refractivity contribution is 9.10. The number of hydrogen-bond acceptors (Lipinski definition) is 3. The van der Waals surface area contributed by atoms with E-state index in [4.69, 9.17) is 4.74 Å². The summed E-state index contributed by atoms with van der Waals surface area (Å²) in [5.74, 6) is -0.426. The van der Waals surface area contributed by atoms with Gasteiger partial charge in [0.15, 0.2) is 0 Å². The van der Waals surface area contributed by atoms with Gasteiger partial charge in [-0.1, -0.05) is 22.0 Å². The van der Waals surface area contributed by atoms with Gasteiger partial charge in [-0.15, -0.1) is 0 Å². The maximum absolute atomic E-state index is 13.1. The van der Waals surface area contributed by atoms with E-state index in [2.05, 4.69) is 15.9 Å². The fourth-order valence-electron chi connectivity index (χ4n) is 1.56. The zero-order valence-electron chi connectivity index (χ0n) is 11.8. The molecule has 110 valence electrons. The van der Waals surface area contributed by atoms with Crippen LogP contribution < -0.4 is 0 Å². The first kappa shape index (κ1) is 16.6. The molecule has 20 heavy (non-hydrogen) atoms. The van der Waals surface area contributed by atoms with E-state index in [1.807, 2.05) is 0 Å². The molecule has 0 heterocycles. The van der Waals surface area contributed by atoms with E-state index in [0.29, 0.717) is 16.3 Å². The van der Waals surface area contributed by atoms with Crippen LogP contribution in [0.15, 0.2) is 22.7 Å². The predicted octanol–water partition coefficient (Wildman–Crippen LogP) is 3.70.